The number of benzene rings is 2. The Labute approximate surface area is 126 Å². The van der Waals surface area contributed by atoms with Crippen molar-refractivity contribution < 1.29 is 4.39 Å². The van der Waals surface area contributed by atoms with Gasteiger partial charge in [-0.1, -0.05) is 29.8 Å². The van der Waals surface area contributed by atoms with Gasteiger partial charge in [-0.25, -0.2) is 14.4 Å². The zero-order valence-electron chi connectivity index (χ0n) is 11.2. The van der Waals surface area contributed by atoms with Gasteiger partial charge in [-0.3, -0.25) is 0 Å². The van der Waals surface area contributed by atoms with Crippen molar-refractivity contribution in [2.24, 2.45) is 5.73 Å². The molecular weight excluding hydrogens is 289 g/mol. The Morgan fingerprint density at radius 3 is 2.67 bits per heavy atom. The van der Waals surface area contributed by atoms with Gasteiger partial charge in [0.2, 0.25) is 0 Å². The molecule has 0 spiro atoms. The Bertz CT molecular complexity index is 805. The van der Waals surface area contributed by atoms with Gasteiger partial charge in [0.05, 0.1) is 21.9 Å². The second kappa shape index (κ2) is 5.76. The number of hydrogen-bond acceptors (Lipinski definition) is 3. The van der Waals surface area contributed by atoms with Crippen LogP contribution in [-0.2, 0) is 6.42 Å². The van der Waals surface area contributed by atoms with Crippen molar-refractivity contribution in [1.82, 2.24) is 9.97 Å². The lowest BCUT2D eigenvalue weighted by molar-refractivity contribution is 0.628. The van der Waals surface area contributed by atoms with E-state index in [1.807, 2.05) is 12.1 Å². The van der Waals surface area contributed by atoms with Crippen molar-refractivity contribution in [2.45, 2.75) is 6.42 Å². The van der Waals surface area contributed by atoms with Gasteiger partial charge in [0.25, 0.3) is 0 Å². The monoisotopic (exact) mass is 301 g/mol. The Hall–Kier alpha value is -2.04. The molecule has 0 saturated carbocycles. The van der Waals surface area contributed by atoms with Gasteiger partial charge in [-0.05, 0) is 30.8 Å². The Morgan fingerprint density at radius 1 is 1.10 bits per heavy atom. The fourth-order valence-electron chi connectivity index (χ4n) is 2.26. The minimum Gasteiger partial charge on any atom is -0.330 e. The summed E-state index contributed by atoms with van der Waals surface area (Å²) in [5.74, 6) is -0.313. The average Bonchev–Trinajstić information content (AvgIpc) is 2.47. The van der Waals surface area contributed by atoms with E-state index in [9.17, 15) is 4.39 Å². The van der Waals surface area contributed by atoms with E-state index in [1.165, 1.54) is 12.1 Å². The summed E-state index contributed by atoms with van der Waals surface area (Å²) < 4.78 is 13.5. The zero-order chi connectivity index (χ0) is 14.8. The maximum Gasteiger partial charge on any atom is 0.123 e. The van der Waals surface area contributed by atoms with E-state index < -0.39 is 0 Å². The second-order valence-electron chi connectivity index (χ2n) is 4.68. The first-order valence-electron chi connectivity index (χ1n) is 6.60. The lowest BCUT2D eigenvalue weighted by atomic mass is 10.1. The zero-order valence-corrected chi connectivity index (χ0v) is 11.9. The number of halogens is 2. The highest BCUT2D eigenvalue weighted by Crippen LogP contribution is 2.27. The maximum absolute atomic E-state index is 13.5. The van der Waals surface area contributed by atoms with Crippen LogP contribution in [0.3, 0.4) is 0 Å². The van der Waals surface area contributed by atoms with E-state index in [1.54, 1.807) is 18.2 Å². The second-order valence-corrected chi connectivity index (χ2v) is 5.08. The number of para-hydroxylation sites is 1. The predicted molar refractivity (Wildman–Crippen MR) is 82.7 cm³/mol. The Kier molecular flexibility index (Phi) is 3.82. The predicted octanol–water partition coefficient (Wildman–Crippen LogP) is 3.59. The third-order valence-corrected chi connectivity index (χ3v) is 3.50. The molecular formula is C16H13ClFN3. The van der Waals surface area contributed by atoms with Crippen LogP contribution in [0.2, 0.25) is 5.02 Å². The molecule has 0 atom stereocenters. The molecule has 0 aliphatic carbocycles. The lowest BCUT2D eigenvalue weighted by Crippen LogP contribution is -2.07. The summed E-state index contributed by atoms with van der Waals surface area (Å²) in [5.41, 5.74) is 9.02. The van der Waals surface area contributed by atoms with Crippen LogP contribution >= 0.6 is 11.6 Å². The lowest BCUT2D eigenvalue weighted by Gasteiger charge is -2.10. The van der Waals surface area contributed by atoms with Gasteiger partial charge >= 0.3 is 0 Å². The highest BCUT2D eigenvalue weighted by atomic mass is 35.5. The summed E-state index contributed by atoms with van der Waals surface area (Å²) in [6.45, 7) is 0.447. The molecule has 3 aromatic rings. The molecule has 0 aliphatic heterocycles. The topological polar surface area (TPSA) is 51.8 Å². The summed E-state index contributed by atoms with van der Waals surface area (Å²) in [5, 5.41) is 0.525. The van der Waals surface area contributed by atoms with E-state index in [2.05, 4.69) is 9.97 Å². The Morgan fingerprint density at radius 2 is 1.90 bits per heavy atom. The van der Waals surface area contributed by atoms with Crippen LogP contribution in [0.5, 0.6) is 0 Å². The molecule has 21 heavy (non-hydrogen) atoms. The molecule has 5 heteroatoms. The van der Waals surface area contributed by atoms with Crippen LogP contribution in [-0.4, -0.2) is 16.5 Å². The maximum atomic E-state index is 13.5. The molecule has 0 unspecified atom stereocenters. The number of fused-ring (bicyclic) bond motifs is 1. The van der Waals surface area contributed by atoms with Crippen molar-refractivity contribution in [3.8, 4) is 11.3 Å². The first-order chi connectivity index (χ1) is 10.2. The summed E-state index contributed by atoms with van der Waals surface area (Å²) in [6, 6.07) is 11.7. The van der Waals surface area contributed by atoms with Gasteiger partial charge in [0.1, 0.15) is 11.3 Å². The fourth-order valence-corrected chi connectivity index (χ4v) is 2.47. The summed E-state index contributed by atoms with van der Waals surface area (Å²) >= 11 is 6.18. The van der Waals surface area contributed by atoms with Gasteiger partial charge in [-0.2, -0.15) is 0 Å². The molecule has 3 rings (SSSR count). The van der Waals surface area contributed by atoms with E-state index in [-0.39, 0.29) is 5.82 Å². The van der Waals surface area contributed by atoms with Crippen LogP contribution in [0.25, 0.3) is 22.3 Å². The van der Waals surface area contributed by atoms with Gasteiger partial charge in [0.15, 0.2) is 0 Å². The van der Waals surface area contributed by atoms with Crippen LogP contribution in [0.1, 0.15) is 5.69 Å². The normalized spacial score (nSPS) is 11.0. The van der Waals surface area contributed by atoms with Crippen molar-refractivity contribution in [3.05, 3.63) is 59.0 Å². The molecule has 106 valence electrons. The highest BCUT2D eigenvalue weighted by Gasteiger charge is 2.12. The highest BCUT2D eigenvalue weighted by molar-refractivity contribution is 6.34. The van der Waals surface area contributed by atoms with E-state index >= 15 is 0 Å². The molecule has 3 nitrogen and oxygen atoms in total. The Balaban J connectivity index is 2.28. The van der Waals surface area contributed by atoms with Crippen LogP contribution in [0, 0.1) is 5.82 Å². The molecule has 2 N–H and O–H groups in total. The number of nitrogens with zero attached hydrogens (tertiary/aromatic N) is 2. The minimum absolute atomic E-state index is 0.313. The standard InChI is InChI=1S/C16H13ClFN3/c17-12-5-2-6-13-16(12)21-15(14(20-13)7-8-19)10-3-1-4-11(18)9-10/h1-6,9H,7-8,19H2. The van der Waals surface area contributed by atoms with Crippen molar-refractivity contribution in [1.29, 1.82) is 0 Å². The molecule has 0 saturated heterocycles. The van der Waals surface area contributed by atoms with Crippen molar-refractivity contribution in [2.75, 3.05) is 6.54 Å². The molecule has 0 amide bonds. The van der Waals surface area contributed by atoms with Crippen molar-refractivity contribution in [3.63, 3.8) is 0 Å². The van der Waals surface area contributed by atoms with Gasteiger partial charge in [-0.15, -0.1) is 0 Å². The van der Waals surface area contributed by atoms with E-state index in [0.29, 0.717) is 40.3 Å². The minimum atomic E-state index is -0.313. The van der Waals surface area contributed by atoms with Crippen molar-refractivity contribution >= 4 is 22.6 Å². The number of rotatable bonds is 3. The number of hydrogen-bond donors (Lipinski definition) is 1. The number of aromatic nitrogens is 2. The molecule has 0 aliphatic rings. The first kappa shape index (κ1) is 13.9. The molecule has 0 fully saturated rings. The van der Waals surface area contributed by atoms with Gasteiger partial charge in [0, 0.05) is 12.0 Å². The number of nitrogens with two attached hydrogens (primary N) is 1. The quantitative estimate of drug-likeness (QED) is 0.804. The summed E-state index contributed by atoms with van der Waals surface area (Å²) in [7, 11) is 0. The smallest absolute Gasteiger partial charge is 0.123 e. The van der Waals surface area contributed by atoms with Crippen LogP contribution < -0.4 is 5.73 Å². The van der Waals surface area contributed by atoms with Gasteiger partial charge < -0.3 is 5.73 Å². The molecule has 1 heterocycles. The molecule has 2 aromatic carbocycles. The van der Waals surface area contributed by atoms with E-state index in [0.717, 1.165) is 5.69 Å². The van der Waals surface area contributed by atoms with Crippen LogP contribution in [0.15, 0.2) is 42.5 Å². The SMILES string of the molecule is NCCc1nc2cccc(Cl)c2nc1-c1cccc(F)c1. The molecule has 0 radical (unpaired) electrons. The molecule has 0 bridgehead atoms. The van der Waals surface area contributed by atoms with Crippen LogP contribution in [0.4, 0.5) is 4.39 Å². The molecule has 1 aromatic heterocycles. The average molecular weight is 302 g/mol. The summed E-state index contributed by atoms with van der Waals surface area (Å²) in [4.78, 5) is 9.17. The fraction of sp³-hybridized carbons (Fsp3) is 0.125. The first-order valence-corrected chi connectivity index (χ1v) is 6.98. The third kappa shape index (κ3) is 2.73. The van der Waals surface area contributed by atoms with E-state index in [4.69, 9.17) is 17.3 Å². The summed E-state index contributed by atoms with van der Waals surface area (Å²) in [6.07, 6.45) is 0.571. The largest absolute Gasteiger partial charge is 0.330 e. The third-order valence-electron chi connectivity index (χ3n) is 3.20.